The summed E-state index contributed by atoms with van der Waals surface area (Å²) in [5, 5.41) is 3.32. The predicted octanol–water partition coefficient (Wildman–Crippen LogP) is 1.71. The van der Waals surface area contributed by atoms with E-state index in [0.717, 1.165) is 18.6 Å². The van der Waals surface area contributed by atoms with Crippen molar-refractivity contribution in [2.75, 3.05) is 25.7 Å². The molecule has 0 saturated carbocycles. The van der Waals surface area contributed by atoms with Crippen molar-refractivity contribution in [3.05, 3.63) is 29.3 Å². The van der Waals surface area contributed by atoms with Crippen LogP contribution in [-0.2, 0) is 16.3 Å². The summed E-state index contributed by atoms with van der Waals surface area (Å²) in [6.07, 6.45) is 4.67. The van der Waals surface area contributed by atoms with E-state index in [-0.39, 0.29) is 12.4 Å². The molecule has 1 aliphatic rings. The molecule has 1 atom stereocenters. The van der Waals surface area contributed by atoms with Crippen LogP contribution in [0.25, 0.3) is 0 Å². The number of fused-ring (bicyclic) bond motifs is 1. The Labute approximate surface area is 115 Å². The van der Waals surface area contributed by atoms with E-state index in [9.17, 15) is 8.42 Å². The van der Waals surface area contributed by atoms with Gasteiger partial charge >= 0.3 is 0 Å². The molecule has 106 valence electrons. The van der Waals surface area contributed by atoms with Crippen molar-refractivity contribution in [1.82, 2.24) is 5.32 Å². The molecule has 1 aliphatic carbocycles. The molecule has 1 aromatic rings. The summed E-state index contributed by atoms with van der Waals surface area (Å²) in [6.45, 7) is 0.210. The van der Waals surface area contributed by atoms with E-state index >= 15 is 0 Å². The molecule has 4 nitrogen and oxygen atoms in total. The first-order valence-corrected chi connectivity index (χ1v) is 8.66. The first-order chi connectivity index (χ1) is 8.99. The molecule has 2 rings (SSSR count). The number of rotatable bonds is 5. The largest absolute Gasteiger partial charge is 0.493 e. The van der Waals surface area contributed by atoms with Crippen LogP contribution in [0, 0.1) is 0 Å². The second-order valence-electron chi connectivity index (χ2n) is 5.07. The predicted molar refractivity (Wildman–Crippen MR) is 76.4 cm³/mol. The Morgan fingerprint density at radius 3 is 2.89 bits per heavy atom. The molecule has 0 fully saturated rings. The lowest BCUT2D eigenvalue weighted by Gasteiger charge is -2.25. The maximum Gasteiger partial charge on any atom is 0.150 e. The third-order valence-corrected chi connectivity index (χ3v) is 4.41. The van der Waals surface area contributed by atoms with E-state index in [0.29, 0.717) is 6.04 Å². The Hall–Kier alpha value is -1.07. The lowest BCUT2D eigenvalue weighted by atomic mass is 9.87. The van der Waals surface area contributed by atoms with Crippen LogP contribution in [-0.4, -0.2) is 34.1 Å². The van der Waals surface area contributed by atoms with Crippen LogP contribution in [0.1, 0.15) is 30.0 Å². The number of hydrogen-bond acceptors (Lipinski definition) is 4. The van der Waals surface area contributed by atoms with E-state index < -0.39 is 9.84 Å². The minimum atomic E-state index is -2.96. The van der Waals surface area contributed by atoms with Crippen molar-refractivity contribution < 1.29 is 13.2 Å². The Morgan fingerprint density at radius 1 is 1.42 bits per heavy atom. The van der Waals surface area contributed by atoms with E-state index in [1.807, 2.05) is 19.2 Å². The third-order valence-electron chi connectivity index (χ3n) is 3.50. The summed E-state index contributed by atoms with van der Waals surface area (Å²) >= 11 is 0. The van der Waals surface area contributed by atoms with Gasteiger partial charge in [0, 0.05) is 12.3 Å². The summed E-state index contributed by atoms with van der Waals surface area (Å²) in [5.41, 5.74) is 2.65. The Kier molecular flexibility index (Phi) is 4.47. The van der Waals surface area contributed by atoms with Gasteiger partial charge in [0.05, 0.1) is 5.75 Å². The van der Waals surface area contributed by atoms with Gasteiger partial charge in [0.15, 0.2) is 9.84 Å². The van der Waals surface area contributed by atoms with Crippen molar-refractivity contribution in [3.63, 3.8) is 0 Å². The van der Waals surface area contributed by atoms with Crippen LogP contribution in [0.5, 0.6) is 5.75 Å². The van der Waals surface area contributed by atoms with Gasteiger partial charge in [0.2, 0.25) is 0 Å². The zero-order valence-electron chi connectivity index (χ0n) is 11.5. The SMILES string of the molecule is CNC1CCCc2ccc(OCCS(C)(=O)=O)cc21. The van der Waals surface area contributed by atoms with Crippen LogP contribution in [0.15, 0.2) is 18.2 Å². The quantitative estimate of drug-likeness (QED) is 0.894. The van der Waals surface area contributed by atoms with E-state index in [4.69, 9.17) is 4.74 Å². The van der Waals surface area contributed by atoms with Crippen molar-refractivity contribution >= 4 is 9.84 Å². The minimum absolute atomic E-state index is 0.0551. The standard InChI is InChI=1S/C14H21NO3S/c1-15-14-5-3-4-11-6-7-12(10-13(11)14)18-8-9-19(2,16)17/h6-7,10,14-15H,3-5,8-9H2,1-2H3. The highest BCUT2D eigenvalue weighted by Gasteiger charge is 2.19. The Morgan fingerprint density at radius 2 is 2.21 bits per heavy atom. The van der Waals surface area contributed by atoms with Crippen molar-refractivity contribution in [2.45, 2.75) is 25.3 Å². The average molecular weight is 283 g/mol. The topological polar surface area (TPSA) is 55.4 Å². The Balaban J connectivity index is 2.07. The molecular weight excluding hydrogens is 262 g/mol. The van der Waals surface area contributed by atoms with Gasteiger partial charge in [-0.25, -0.2) is 8.42 Å². The fraction of sp³-hybridized carbons (Fsp3) is 0.571. The second kappa shape index (κ2) is 5.92. The lowest BCUT2D eigenvalue weighted by Crippen LogP contribution is -2.21. The molecule has 0 aromatic heterocycles. The van der Waals surface area contributed by atoms with Crippen LogP contribution < -0.4 is 10.1 Å². The third kappa shape index (κ3) is 3.94. The molecule has 1 N–H and O–H groups in total. The summed E-state index contributed by atoms with van der Waals surface area (Å²) in [6, 6.07) is 6.44. The molecule has 1 unspecified atom stereocenters. The van der Waals surface area contributed by atoms with Gasteiger partial charge in [-0.2, -0.15) is 0 Å². The number of sulfone groups is 1. The summed E-state index contributed by atoms with van der Waals surface area (Å²) in [5.74, 6) is 0.809. The van der Waals surface area contributed by atoms with Gasteiger partial charge in [-0.3, -0.25) is 0 Å². The molecule has 0 saturated heterocycles. The monoisotopic (exact) mass is 283 g/mol. The summed E-state index contributed by atoms with van der Waals surface area (Å²) in [7, 11) is -0.995. The smallest absolute Gasteiger partial charge is 0.150 e. The van der Waals surface area contributed by atoms with Crippen molar-refractivity contribution in [1.29, 1.82) is 0 Å². The van der Waals surface area contributed by atoms with Crippen LogP contribution in [0.2, 0.25) is 0 Å². The van der Waals surface area contributed by atoms with Crippen molar-refractivity contribution in [2.24, 2.45) is 0 Å². The summed E-state index contributed by atoms with van der Waals surface area (Å²) < 4.78 is 27.7. The highest BCUT2D eigenvalue weighted by atomic mass is 32.2. The average Bonchev–Trinajstić information content (AvgIpc) is 2.36. The summed E-state index contributed by atoms with van der Waals surface area (Å²) in [4.78, 5) is 0. The number of ether oxygens (including phenoxy) is 1. The molecule has 0 heterocycles. The molecule has 0 radical (unpaired) electrons. The molecule has 5 heteroatoms. The van der Waals surface area contributed by atoms with Crippen LogP contribution in [0.3, 0.4) is 0 Å². The van der Waals surface area contributed by atoms with E-state index in [1.165, 1.54) is 23.8 Å². The van der Waals surface area contributed by atoms with Crippen LogP contribution in [0.4, 0.5) is 0 Å². The minimum Gasteiger partial charge on any atom is -0.493 e. The van der Waals surface area contributed by atoms with E-state index in [1.54, 1.807) is 0 Å². The normalized spacial score (nSPS) is 18.9. The number of nitrogens with one attached hydrogen (secondary N) is 1. The number of aryl methyl sites for hydroxylation is 1. The van der Waals surface area contributed by atoms with Gasteiger partial charge in [0.1, 0.15) is 12.4 Å². The highest BCUT2D eigenvalue weighted by molar-refractivity contribution is 7.90. The maximum absolute atomic E-state index is 11.1. The molecule has 0 bridgehead atoms. The fourth-order valence-electron chi connectivity index (χ4n) is 2.48. The first kappa shape index (κ1) is 14.3. The molecular formula is C14H21NO3S. The number of benzene rings is 1. The second-order valence-corrected chi connectivity index (χ2v) is 7.33. The van der Waals surface area contributed by atoms with Gasteiger partial charge in [-0.15, -0.1) is 0 Å². The van der Waals surface area contributed by atoms with Crippen LogP contribution >= 0.6 is 0 Å². The molecule has 0 spiro atoms. The zero-order valence-corrected chi connectivity index (χ0v) is 12.3. The molecule has 1 aromatic carbocycles. The maximum atomic E-state index is 11.1. The van der Waals surface area contributed by atoms with Gasteiger partial charge in [0.25, 0.3) is 0 Å². The molecule has 0 amide bonds. The lowest BCUT2D eigenvalue weighted by molar-refractivity contribution is 0.339. The van der Waals surface area contributed by atoms with E-state index in [2.05, 4.69) is 11.4 Å². The van der Waals surface area contributed by atoms with Gasteiger partial charge in [-0.1, -0.05) is 6.07 Å². The fourth-order valence-corrected chi connectivity index (χ4v) is 2.86. The number of hydrogen-bond donors (Lipinski definition) is 1. The Bertz CT molecular complexity index is 540. The van der Waals surface area contributed by atoms with Crippen molar-refractivity contribution in [3.8, 4) is 5.75 Å². The van der Waals surface area contributed by atoms with Gasteiger partial charge in [-0.05, 0) is 49.6 Å². The molecule has 0 aliphatic heterocycles. The first-order valence-electron chi connectivity index (χ1n) is 6.60. The zero-order chi connectivity index (χ0) is 13.9. The molecule has 19 heavy (non-hydrogen) atoms. The van der Waals surface area contributed by atoms with Gasteiger partial charge < -0.3 is 10.1 Å². The highest BCUT2D eigenvalue weighted by Crippen LogP contribution is 2.32.